The molecule has 0 aliphatic heterocycles. The van der Waals surface area contributed by atoms with Gasteiger partial charge in [-0.2, -0.15) is 0 Å². The lowest BCUT2D eigenvalue weighted by atomic mass is 10.00. The molecule has 1 atom stereocenters. The molecule has 0 aliphatic carbocycles. The third-order valence-corrected chi connectivity index (χ3v) is 6.23. The lowest BCUT2D eigenvalue weighted by Crippen LogP contribution is -2.28. The zero-order valence-corrected chi connectivity index (χ0v) is 13.3. The predicted molar refractivity (Wildman–Crippen MR) is 80.7 cm³/mol. The van der Waals surface area contributed by atoms with E-state index in [1.807, 2.05) is 0 Å². The van der Waals surface area contributed by atoms with Crippen molar-refractivity contribution < 1.29 is 8.42 Å². The topological polar surface area (TPSA) is 72.2 Å². The van der Waals surface area contributed by atoms with E-state index >= 15 is 0 Å². The van der Waals surface area contributed by atoms with Crippen LogP contribution in [0.15, 0.2) is 16.3 Å². The summed E-state index contributed by atoms with van der Waals surface area (Å²) >= 11 is 1.24. The van der Waals surface area contributed by atoms with Crippen molar-refractivity contribution in [2.75, 3.05) is 6.54 Å². The lowest BCUT2D eigenvalue weighted by Gasteiger charge is -2.14. The highest BCUT2D eigenvalue weighted by Crippen LogP contribution is 2.21. The molecular formula is C13H24N2O2S2. The minimum absolute atomic E-state index is 0.360. The van der Waals surface area contributed by atoms with Gasteiger partial charge < -0.3 is 5.73 Å². The number of hydrogen-bond donors (Lipinski definition) is 2. The second-order valence-corrected chi connectivity index (χ2v) is 7.86. The Morgan fingerprint density at radius 3 is 2.63 bits per heavy atom. The number of rotatable bonds is 9. The summed E-state index contributed by atoms with van der Waals surface area (Å²) in [7, 11) is -3.37. The molecule has 0 saturated carbocycles. The molecule has 19 heavy (non-hydrogen) atoms. The van der Waals surface area contributed by atoms with E-state index in [0.29, 0.717) is 23.2 Å². The first-order chi connectivity index (χ1) is 9.03. The maximum atomic E-state index is 12.1. The first-order valence-electron chi connectivity index (χ1n) is 6.81. The van der Waals surface area contributed by atoms with Gasteiger partial charge in [0.25, 0.3) is 0 Å². The highest BCUT2D eigenvalue weighted by Gasteiger charge is 2.18. The van der Waals surface area contributed by atoms with Crippen molar-refractivity contribution in [3.8, 4) is 0 Å². The van der Waals surface area contributed by atoms with Gasteiger partial charge in [-0.25, -0.2) is 13.1 Å². The zero-order valence-electron chi connectivity index (χ0n) is 11.7. The fourth-order valence-electron chi connectivity index (χ4n) is 1.85. The fraction of sp³-hybridized carbons (Fsp3) is 0.692. The molecule has 0 amide bonds. The van der Waals surface area contributed by atoms with Crippen molar-refractivity contribution in [1.29, 1.82) is 0 Å². The average Bonchev–Trinajstić information content (AvgIpc) is 2.88. The van der Waals surface area contributed by atoms with Crippen LogP contribution in [0.3, 0.4) is 0 Å². The van der Waals surface area contributed by atoms with Gasteiger partial charge >= 0.3 is 0 Å². The van der Waals surface area contributed by atoms with Crippen LogP contribution in [0, 0.1) is 5.92 Å². The molecule has 1 rings (SSSR count). The summed E-state index contributed by atoms with van der Waals surface area (Å²) in [6, 6.07) is 3.40. The SMILES string of the molecule is CCCCC(CC)CNS(=O)(=O)c1ccc(CN)s1. The van der Waals surface area contributed by atoms with E-state index in [2.05, 4.69) is 18.6 Å². The second-order valence-electron chi connectivity index (χ2n) is 4.69. The molecule has 0 radical (unpaired) electrons. The molecule has 110 valence electrons. The van der Waals surface area contributed by atoms with Crippen LogP contribution in [0.4, 0.5) is 0 Å². The standard InChI is InChI=1S/C13H24N2O2S2/c1-3-5-6-11(4-2)10-15-19(16,17)13-8-7-12(9-14)18-13/h7-8,11,15H,3-6,9-10,14H2,1-2H3. The lowest BCUT2D eigenvalue weighted by molar-refractivity contribution is 0.444. The molecule has 1 aromatic rings. The molecule has 1 heterocycles. The van der Waals surface area contributed by atoms with E-state index in [0.717, 1.165) is 30.6 Å². The molecular weight excluding hydrogens is 280 g/mol. The van der Waals surface area contributed by atoms with Gasteiger partial charge in [0.2, 0.25) is 10.0 Å². The van der Waals surface area contributed by atoms with Gasteiger partial charge in [-0.15, -0.1) is 11.3 Å². The van der Waals surface area contributed by atoms with Crippen molar-refractivity contribution in [2.24, 2.45) is 11.7 Å². The quantitative estimate of drug-likeness (QED) is 0.737. The third kappa shape index (κ3) is 5.22. The Kier molecular flexibility index (Phi) is 6.99. The van der Waals surface area contributed by atoms with Crippen LogP contribution in [-0.2, 0) is 16.6 Å². The molecule has 4 nitrogen and oxygen atoms in total. The van der Waals surface area contributed by atoms with E-state index in [-0.39, 0.29) is 0 Å². The minimum atomic E-state index is -3.37. The smallest absolute Gasteiger partial charge is 0.250 e. The molecule has 0 aromatic carbocycles. The minimum Gasteiger partial charge on any atom is -0.326 e. The molecule has 0 fully saturated rings. The predicted octanol–water partition coefficient (Wildman–Crippen LogP) is 2.70. The monoisotopic (exact) mass is 304 g/mol. The Labute approximate surface area is 120 Å². The van der Waals surface area contributed by atoms with Crippen LogP contribution in [0.5, 0.6) is 0 Å². The molecule has 6 heteroatoms. The van der Waals surface area contributed by atoms with Crippen molar-refractivity contribution >= 4 is 21.4 Å². The van der Waals surface area contributed by atoms with E-state index in [1.165, 1.54) is 11.3 Å². The van der Waals surface area contributed by atoms with Gasteiger partial charge in [-0.1, -0.05) is 33.1 Å². The Balaban J connectivity index is 2.59. The summed E-state index contributed by atoms with van der Waals surface area (Å²) in [5, 5.41) is 0. The van der Waals surface area contributed by atoms with E-state index in [1.54, 1.807) is 12.1 Å². The number of nitrogens with two attached hydrogens (primary N) is 1. The first-order valence-corrected chi connectivity index (χ1v) is 9.11. The molecule has 1 unspecified atom stereocenters. The van der Waals surface area contributed by atoms with E-state index in [9.17, 15) is 8.42 Å². The molecule has 0 aliphatic rings. The van der Waals surface area contributed by atoms with Crippen LogP contribution in [0.2, 0.25) is 0 Å². The Morgan fingerprint density at radius 1 is 1.37 bits per heavy atom. The average molecular weight is 304 g/mol. The normalized spacial score (nSPS) is 13.6. The molecule has 1 aromatic heterocycles. The number of sulfonamides is 1. The van der Waals surface area contributed by atoms with Crippen LogP contribution in [-0.4, -0.2) is 15.0 Å². The molecule has 0 spiro atoms. The van der Waals surface area contributed by atoms with E-state index in [4.69, 9.17) is 5.73 Å². The third-order valence-electron chi connectivity index (χ3n) is 3.21. The maximum absolute atomic E-state index is 12.1. The van der Waals surface area contributed by atoms with Crippen LogP contribution in [0.25, 0.3) is 0 Å². The van der Waals surface area contributed by atoms with Gasteiger partial charge in [0.15, 0.2) is 0 Å². The van der Waals surface area contributed by atoms with Crippen molar-refractivity contribution in [2.45, 2.75) is 50.3 Å². The van der Waals surface area contributed by atoms with Gasteiger partial charge in [0.1, 0.15) is 4.21 Å². The van der Waals surface area contributed by atoms with Gasteiger partial charge in [0.05, 0.1) is 0 Å². The fourth-order valence-corrected chi connectivity index (χ4v) is 4.25. The van der Waals surface area contributed by atoms with Gasteiger partial charge in [-0.05, 0) is 24.5 Å². The Hall–Kier alpha value is -0.430. The number of thiophene rings is 1. The summed E-state index contributed by atoms with van der Waals surface area (Å²) in [6.45, 7) is 5.16. The van der Waals surface area contributed by atoms with Crippen LogP contribution in [0.1, 0.15) is 44.4 Å². The first kappa shape index (κ1) is 16.6. The number of unbranched alkanes of at least 4 members (excludes halogenated alkanes) is 1. The number of nitrogens with one attached hydrogen (secondary N) is 1. The summed E-state index contributed by atoms with van der Waals surface area (Å²) in [5.41, 5.74) is 5.50. The van der Waals surface area contributed by atoms with Crippen molar-refractivity contribution in [3.05, 3.63) is 17.0 Å². The maximum Gasteiger partial charge on any atom is 0.250 e. The van der Waals surface area contributed by atoms with Gasteiger partial charge in [0, 0.05) is 18.0 Å². The zero-order chi connectivity index (χ0) is 14.3. The van der Waals surface area contributed by atoms with E-state index < -0.39 is 10.0 Å². The summed E-state index contributed by atoms with van der Waals surface area (Å²) in [6.07, 6.45) is 4.37. The Morgan fingerprint density at radius 2 is 2.11 bits per heavy atom. The summed E-state index contributed by atoms with van der Waals surface area (Å²) < 4.78 is 27.3. The molecule has 0 saturated heterocycles. The van der Waals surface area contributed by atoms with Crippen LogP contribution < -0.4 is 10.5 Å². The summed E-state index contributed by atoms with van der Waals surface area (Å²) in [4.78, 5) is 0.887. The van der Waals surface area contributed by atoms with Gasteiger partial charge in [-0.3, -0.25) is 0 Å². The number of hydrogen-bond acceptors (Lipinski definition) is 4. The highest BCUT2D eigenvalue weighted by atomic mass is 32.2. The van der Waals surface area contributed by atoms with Crippen molar-refractivity contribution in [3.63, 3.8) is 0 Å². The molecule has 0 bridgehead atoms. The summed E-state index contributed by atoms with van der Waals surface area (Å²) in [5.74, 6) is 0.420. The largest absolute Gasteiger partial charge is 0.326 e. The van der Waals surface area contributed by atoms with Crippen molar-refractivity contribution in [1.82, 2.24) is 4.72 Å². The molecule has 3 N–H and O–H groups in total. The highest BCUT2D eigenvalue weighted by molar-refractivity contribution is 7.91. The second kappa shape index (κ2) is 7.99. The Bertz CT molecular complexity index is 469. The van der Waals surface area contributed by atoms with Crippen LogP contribution >= 0.6 is 11.3 Å².